The molecule has 3 N–H and O–H groups in total. The molecule has 0 aromatic heterocycles. The van der Waals surface area contributed by atoms with Gasteiger partial charge in [-0.1, -0.05) is 11.6 Å². The minimum absolute atomic E-state index is 0.0446. The highest BCUT2D eigenvalue weighted by molar-refractivity contribution is 6.31. The summed E-state index contributed by atoms with van der Waals surface area (Å²) in [5, 5.41) is 8.86. The van der Waals surface area contributed by atoms with Crippen LogP contribution < -0.4 is 5.73 Å². The lowest BCUT2D eigenvalue weighted by Crippen LogP contribution is -2.22. The van der Waals surface area contributed by atoms with Crippen LogP contribution in [0.2, 0.25) is 5.02 Å². The minimum Gasteiger partial charge on any atom is -0.507 e. The lowest BCUT2D eigenvalue weighted by molar-refractivity contribution is 0.445. The zero-order chi connectivity index (χ0) is 11.9. The number of phenolic OH excluding ortho intramolecular Hbond substituents is 1. The van der Waals surface area contributed by atoms with Gasteiger partial charge in [-0.05, 0) is 25.7 Å². The van der Waals surface area contributed by atoms with E-state index in [0.29, 0.717) is 6.42 Å². The molecule has 88 valence electrons. The first-order valence-corrected chi connectivity index (χ1v) is 5.45. The maximum atomic E-state index is 13.5. The first-order chi connectivity index (χ1) is 7.43. The van der Waals surface area contributed by atoms with E-state index in [4.69, 9.17) is 17.3 Å². The quantitative estimate of drug-likeness (QED) is 0.807. The summed E-state index contributed by atoms with van der Waals surface area (Å²) >= 11 is 5.43. The maximum absolute atomic E-state index is 13.5. The third-order valence-electron chi connectivity index (χ3n) is 3.01. The van der Waals surface area contributed by atoms with Gasteiger partial charge < -0.3 is 10.8 Å². The van der Waals surface area contributed by atoms with Crippen LogP contribution >= 0.6 is 11.6 Å². The average Bonchev–Trinajstić information content (AvgIpc) is 2.93. The summed E-state index contributed by atoms with van der Waals surface area (Å²) in [5.74, 6) is -2.23. The van der Waals surface area contributed by atoms with Gasteiger partial charge in [-0.15, -0.1) is 0 Å². The fourth-order valence-corrected chi connectivity index (χ4v) is 1.81. The van der Waals surface area contributed by atoms with E-state index in [0.717, 1.165) is 18.9 Å². The fraction of sp³-hybridized carbons (Fsp3) is 0.455. The first kappa shape index (κ1) is 11.6. The normalized spacial score (nSPS) is 17.5. The van der Waals surface area contributed by atoms with Gasteiger partial charge >= 0.3 is 0 Å². The molecule has 1 fully saturated rings. The molecule has 1 aliphatic carbocycles. The van der Waals surface area contributed by atoms with Gasteiger partial charge in [0, 0.05) is 17.2 Å². The number of nitrogens with two attached hydrogens (primary N) is 1. The van der Waals surface area contributed by atoms with Gasteiger partial charge in [0.25, 0.3) is 0 Å². The van der Waals surface area contributed by atoms with Crippen LogP contribution in [0, 0.1) is 11.6 Å². The molecule has 1 aromatic rings. The van der Waals surface area contributed by atoms with E-state index in [1.54, 1.807) is 0 Å². The Morgan fingerprint density at radius 2 is 2.06 bits per heavy atom. The molecule has 0 radical (unpaired) electrons. The summed E-state index contributed by atoms with van der Waals surface area (Å²) in [4.78, 5) is 0. The molecule has 1 aromatic carbocycles. The second kappa shape index (κ2) is 3.86. The van der Waals surface area contributed by atoms with E-state index in [1.165, 1.54) is 0 Å². The van der Waals surface area contributed by atoms with Crippen molar-refractivity contribution in [1.82, 2.24) is 0 Å². The predicted octanol–water partition coefficient (Wildman–Crippen LogP) is 2.75. The van der Waals surface area contributed by atoms with Crippen LogP contribution in [-0.2, 0) is 6.42 Å². The van der Waals surface area contributed by atoms with Gasteiger partial charge in [0.2, 0.25) is 0 Å². The first-order valence-electron chi connectivity index (χ1n) is 5.07. The number of phenols is 1. The standard InChI is InChI=1S/C11H12ClF2NO/c12-9-7(13)5-8(16)6(10(9)14)1-2-11(15)3-4-11/h5,16H,1-4,15H2. The Kier molecular flexibility index (Phi) is 2.80. The zero-order valence-corrected chi connectivity index (χ0v) is 9.32. The van der Waals surface area contributed by atoms with Gasteiger partial charge in [-0.3, -0.25) is 0 Å². The smallest absolute Gasteiger partial charge is 0.151 e. The zero-order valence-electron chi connectivity index (χ0n) is 8.56. The summed E-state index contributed by atoms with van der Waals surface area (Å²) in [6.45, 7) is 0. The van der Waals surface area contributed by atoms with Crippen LogP contribution in [0.4, 0.5) is 8.78 Å². The van der Waals surface area contributed by atoms with E-state index in [2.05, 4.69) is 0 Å². The molecule has 2 rings (SSSR count). The van der Waals surface area contributed by atoms with Gasteiger partial charge in [0.15, 0.2) is 5.82 Å². The van der Waals surface area contributed by atoms with Crippen molar-refractivity contribution in [2.24, 2.45) is 5.73 Å². The monoisotopic (exact) mass is 247 g/mol. The van der Waals surface area contributed by atoms with Crippen molar-refractivity contribution < 1.29 is 13.9 Å². The van der Waals surface area contributed by atoms with Crippen molar-refractivity contribution in [3.63, 3.8) is 0 Å². The number of hydrogen-bond acceptors (Lipinski definition) is 2. The molecule has 16 heavy (non-hydrogen) atoms. The summed E-state index contributed by atoms with van der Waals surface area (Å²) in [7, 11) is 0. The van der Waals surface area contributed by atoms with Crippen LogP contribution in [-0.4, -0.2) is 10.6 Å². The molecular weight excluding hydrogens is 236 g/mol. The number of hydrogen-bond donors (Lipinski definition) is 2. The highest BCUT2D eigenvalue weighted by atomic mass is 35.5. The summed E-state index contributed by atoms with van der Waals surface area (Å²) < 4.78 is 26.5. The van der Waals surface area contributed by atoms with Crippen molar-refractivity contribution in [2.45, 2.75) is 31.2 Å². The molecule has 0 aliphatic heterocycles. The van der Waals surface area contributed by atoms with E-state index >= 15 is 0 Å². The van der Waals surface area contributed by atoms with Crippen molar-refractivity contribution in [3.05, 3.63) is 28.3 Å². The van der Waals surface area contributed by atoms with Crippen molar-refractivity contribution in [2.75, 3.05) is 0 Å². The Morgan fingerprint density at radius 1 is 1.44 bits per heavy atom. The lowest BCUT2D eigenvalue weighted by Gasteiger charge is -2.11. The molecule has 0 amide bonds. The predicted molar refractivity (Wildman–Crippen MR) is 57.5 cm³/mol. The number of benzene rings is 1. The largest absolute Gasteiger partial charge is 0.507 e. The second-order valence-electron chi connectivity index (χ2n) is 4.35. The molecule has 1 saturated carbocycles. The third kappa shape index (κ3) is 2.13. The topological polar surface area (TPSA) is 46.2 Å². The summed E-state index contributed by atoms with van der Waals surface area (Å²) in [5.41, 5.74) is 5.66. The Labute approximate surface area is 97.0 Å². The highest BCUT2D eigenvalue weighted by Gasteiger charge is 2.37. The van der Waals surface area contributed by atoms with E-state index in [9.17, 15) is 13.9 Å². The van der Waals surface area contributed by atoms with E-state index in [1.807, 2.05) is 0 Å². The lowest BCUT2D eigenvalue weighted by atomic mass is 10.0. The van der Waals surface area contributed by atoms with Gasteiger partial charge in [-0.2, -0.15) is 0 Å². The molecule has 0 bridgehead atoms. The van der Waals surface area contributed by atoms with Gasteiger partial charge in [0.1, 0.15) is 16.6 Å². The Morgan fingerprint density at radius 3 is 2.62 bits per heavy atom. The summed E-state index contributed by atoms with van der Waals surface area (Å²) in [6, 6.07) is 0.830. The molecule has 0 saturated heterocycles. The molecule has 1 aliphatic rings. The Balaban J connectivity index is 2.22. The van der Waals surface area contributed by atoms with Crippen LogP contribution in [0.25, 0.3) is 0 Å². The van der Waals surface area contributed by atoms with Crippen LogP contribution in [0.15, 0.2) is 6.07 Å². The second-order valence-corrected chi connectivity index (χ2v) is 4.72. The third-order valence-corrected chi connectivity index (χ3v) is 3.35. The highest BCUT2D eigenvalue weighted by Crippen LogP contribution is 2.38. The molecule has 0 atom stereocenters. The van der Waals surface area contributed by atoms with Crippen molar-refractivity contribution >= 4 is 11.6 Å². The number of rotatable bonds is 3. The van der Waals surface area contributed by atoms with Gasteiger partial charge in [-0.25, -0.2) is 8.78 Å². The van der Waals surface area contributed by atoms with Gasteiger partial charge in [0.05, 0.1) is 0 Å². The summed E-state index contributed by atoms with van der Waals surface area (Å²) in [6.07, 6.45) is 2.65. The number of aromatic hydroxyl groups is 1. The van der Waals surface area contributed by atoms with Crippen molar-refractivity contribution in [1.29, 1.82) is 0 Å². The molecule has 0 heterocycles. The van der Waals surface area contributed by atoms with E-state index in [-0.39, 0.29) is 17.5 Å². The minimum atomic E-state index is -0.950. The van der Waals surface area contributed by atoms with Crippen LogP contribution in [0.1, 0.15) is 24.8 Å². The molecule has 0 spiro atoms. The number of halogens is 3. The van der Waals surface area contributed by atoms with Crippen LogP contribution in [0.3, 0.4) is 0 Å². The average molecular weight is 248 g/mol. The fourth-order valence-electron chi connectivity index (χ4n) is 1.64. The SMILES string of the molecule is NC1(CCc2c(O)cc(F)c(Cl)c2F)CC1. The molecule has 2 nitrogen and oxygen atoms in total. The van der Waals surface area contributed by atoms with E-state index < -0.39 is 22.4 Å². The molecular formula is C11H12ClF2NO. The Bertz CT molecular complexity index is 432. The Hall–Kier alpha value is -0.870. The maximum Gasteiger partial charge on any atom is 0.151 e. The molecule has 0 unspecified atom stereocenters. The molecule has 5 heteroatoms. The van der Waals surface area contributed by atoms with Crippen LogP contribution in [0.5, 0.6) is 5.75 Å². The van der Waals surface area contributed by atoms with Crippen molar-refractivity contribution in [3.8, 4) is 5.75 Å².